The largest absolute Gasteiger partial charge is 0.369 e. The molecule has 1 N–H and O–H groups in total. The lowest BCUT2D eigenvalue weighted by molar-refractivity contribution is 0.102. The number of rotatable bonds is 6. The smallest absolute Gasteiger partial charge is 0.285 e. The monoisotopic (exact) mass is 385 g/mol. The number of benzene rings is 2. The van der Waals surface area contributed by atoms with Crippen LogP contribution in [0.4, 0.5) is 16.2 Å². The Morgan fingerprint density at radius 3 is 2.07 bits per heavy atom. The van der Waals surface area contributed by atoms with Crippen LogP contribution >= 0.6 is 11.8 Å². The molecule has 2 aromatic carbocycles. The summed E-state index contributed by atoms with van der Waals surface area (Å²) in [5.74, 6) is -0.154. The van der Waals surface area contributed by atoms with Crippen molar-refractivity contribution in [3.63, 3.8) is 0 Å². The first-order valence-electron chi connectivity index (χ1n) is 8.99. The molecule has 0 aromatic heterocycles. The number of thioether (sulfide) groups is 1. The van der Waals surface area contributed by atoms with Crippen LogP contribution < -0.4 is 10.2 Å². The zero-order valence-corrected chi connectivity index (χ0v) is 17.3. The maximum absolute atomic E-state index is 12.5. The van der Waals surface area contributed by atoms with E-state index in [1.54, 1.807) is 26.2 Å². The normalized spacial score (nSPS) is 10.6. The van der Waals surface area contributed by atoms with Crippen LogP contribution in [0.15, 0.2) is 53.4 Å². The summed E-state index contributed by atoms with van der Waals surface area (Å²) in [4.78, 5) is 28.8. The van der Waals surface area contributed by atoms with Crippen LogP contribution in [0.2, 0.25) is 0 Å². The molecule has 0 aliphatic carbocycles. The summed E-state index contributed by atoms with van der Waals surface area (Å²) in [6.45, 7) is 7.34. The topological polar surface area (TPSA) is 52.7 Å². The summed E-state index contributed by atoms with van der Waals surface area (Å²) in [7, 11) is 3.44. The standard InChI is InChI=1S/C21H27N3O2S/c1-6-24(15(2)3)18-11-7-16(8-12-18)20(25)22-17-9-13-19(14-10-17)27-21(26)23(4)5/h7-15H,6H2,1-5H3,(H,22,25). The molecule has 2 rings (SSSR count). The van der Waals surface area contributed by atoms with Crippen LogP contribution in [0.5, 0.6) is 0 Å². The van der Waals surface area contributed by atoms with E-state index >= 15 is 0 Å². The third-order valence-electron chi connectivity index (χ3n) is 4.11. The highest BCUT2D eigenvalue weighted by atomic mass is 32.2. The molecule has 27 heavy (non-hydrogen) atoms. The Hall–Kier alpha value is -2.47. The number of nitrogens with zero attached hydrogens (tertiary/aromatic N) is 2. The molecule has 2 aromatic rings. The van der Waals surface area contributed by atoms with Gasteiger partial charge in [0.25, 0.3) is 11.1 Å². The first-order chi connectivity index (χ1) is 12.8. The Balaban J connectivity index is 2.01. The molecule has 0 bridgehead atoms. The lowest BCUT2D eigenvalue weighted by atomic mass is 10.1. The van der Waals surface area contributed by atoms with Gasteiger partial charge in [0.15, 0.2) is 0 Å². The minimum Gasteiger partial charge on any atom is -0.369 e. The van der Waals surface area contributed by atoms with E-state index in [0.717, 1.165) is 28.9 Å². The first kappa shape index (κ1) is 20.8. The van der Waals surface area contributed by atoms with E-state index in [-0.39, 0.29) is 11.1 Å². The number of nitrogens with one attached hydrogen (secondary N) is 1. The number of hydrogen-bond donors (Lipinski definition) is 1. The molecule has 0 heterocycles. The van der Waals surface area contributed by atoms with Crippen LogP contribution in [-0.2, 0) is 0 Å². The Bertz CT molecular complexity index is 771. The molecule has 0 aliphatic rings. The fourth-order valence-corrected chi connectivity index (χ4v) is 3.31. The van der Waals surface area contributed by atoms with Crippen molar-refractivity contribution in [2.24, 2.45) is 0 Å². The maximum Gasteiger partial charge on any atom is 0.285 e. The van der Waals surface area contributed by atoms with Crippen molar-refractivity contribution in [2.45, 2.75) is 31.7 Å². The van der Waals surface area contributed by atoms with Gasteiger partial charge in [0.05, 0.1) is 0 Å². The zero-order chi connectivity index (χ0) is 20.0. The predicted octanol–water partition coefficient (Wildman–Crippen LogP) is 4.95. The molecular formula is C21H27N3O2S. The molecular weight excluding hydrogens is 358 g/mol. The molecule has 0 atom stereocenters. The Morgan fingerprint density at radius 1 is 1.00 bits per heavy atom. The van der Waals surface area contributed by atoms with E-state index in [0.29, 0.717) is 17.3 Å². The van der Waals surface area contributed by atoms with Gasteiger partial charge in [-0.05, 0) is 81.1 Å². The molecule has 6 heteroatoms. The van der Waals surface area contributed by atoms with E-state index in [4.69, 9.17) is 0 Å². The fourth-order valence-electron chi connectivity index (χ4n) is 2.65. The average molecular weight is 386 g/mol. The Morgan fingerprint density at radius 2 is 1.59 bits per heavy atom. The van der Waals surface area contributed by atoms with Gasteiger partial charge in [-0.2, -0.15) is 0 Å². The predicted molar refractivity (Wildman–Crippen MR) is 114 cm³/mol. The van der Waals surface area contributed by atoms with Crippen LogP contribution in [0.25, 0.3) is 0 Å². The number of anilines is 2. The zero-order valence-electron chi connectivity index (χ0n) is 16.5. The highest BCUT2D eigenvalue weighted by Crippen LogP contribution is 2.23. The average Bonchev–Trinajstić information content (AvgIpc) is 2.64. The summed E-state index contributed by atoms with van der Waals surface area (Å²) in [6.07, 6.45) is 0. The summed E-state index contributed by atoms with van der Waals surface area (Å²) in [5.41, 5.74) is 2.42. The van der Waals surface area contributed by atoms with Crippen LogP contribution in [0, 0.1) is 0 Å². The second kappa shape index (κ2) is 9.46. The van der Waals surface area contributed by atoms with Gasteiger partial charge in [-0.25, -0.2) is 0 Å². The highest BCUT2D eigenvalue weighted by molar-refractivity contribution is 8.13. The molecule has 144 valence electrons. The van der Waals surface area contributed by atoms with Gasteiger partial charge in [-0.15, -0.1) is 0 Å². The maximum atomic E-state index is 12.5. The molecule has 0 spiro atoms. The van der Waals surface area contributed by atoms with Crippen molar-refractivity contribution in [2.75, 3.05) is 30.9 Å². The van der Waals surface area contributed by atoms with Gasteiger partial charge in [0, 0.05) is 48.5 Å². The van der Waals surface area contributed by atoms with E-state index < -0.39 is 0 Å². The summed E-state index contributed by atoms with van der Waals surface area (Å²) >= 11 is 1.15. The van der Waals surface area contributed by atoms with Crippen LogP contribution in [-0.4, -0.2) is 42.7 Å². The molecule has 0 saturated heterocycles. The van der Waals surface area contributed by atoms with Crippen molar-refractivity contribution < 1.29 is 9.59 Å². The highest BCUT2D eigenvalue weighted by Gasteiger charge is 2.11. The minimum atomic E-state index is -0.154. The van der Waals surface area contributed by atoms with E-state index in [1.165, 1.54) is 4.90 Å². The molecule has 0 aliphatic heterocycles. The molecule has 0 fully saturated rings. The Labute approximate surface area is 165 Å². The van der Waals surface area contributed by atoms with Gasteiger partial charge in [0.2, 0.25) is 0 Å². The second-order valence-electron chi connectivity index (χ2n) is 6.67. The van der Waals surface area contributed by atoms with Crippen molar-refractivity contribution >= 4 is 34.3 Å². The lowest BCUT2D eigenvalue weighted by Gasteiger charge is -2.27. The van der Waals surface area contributed by atoms with Crippen LogP contribution in [0.3, 0.4) is 0 Å². The fraction of sp³-hybridized carbons (Fsp3) is 0.333. The molecule has 5 nitrogen and oxygen atoms in total. The third-order valence-corrected chi connectivity index (χ3v) is 5.16. The van der Waals surface area contributed by atoms with Gasteiger partial charge in [0.1, 0.15) is 0 Å². The van der Waals surface area contributed by atoms with E-state index in [9.17, 15) is 9.59 Å². The Kier molecular flexibility index (Phi) is 7.30. The second-order valence-corrected chi connectivity index (χ2v) is 7.69. The van der Waals surface area contributed by atoms with Gasteiger partial charge < -0.3 is 15.1 Å². The van der Waals surface area contributed by atoms with Gasteiger partial charge in [-0.3, -0.25) is 9.59 Å². The first-order valence-corrected chi connectivity index (χ1v) is 9.80. The molecule has 0 unspecified atom stereocenters. The van der Waals surface area contributed by atoms with Crippen molar-refractivity contribution in [3.05, 3.63) is 54.1 Å². The molecule has 0 saturated carbocycles. The van der Waals surface area contributed by atoms with Gasteiger partial charge >= 0.3 is 0 Å². The third kappa shape index (κ3) is 5.76. The van der Waals surface area contributed by atoms with Crippen LogP contribution in [0.1, 0.15) is 31.1 Å². The summed E-state index contributed by atoms with van der Waals surface area (Å²) < 4.78 is 0. The summed E-state index contributed by atoms with van der Waals surface area (Å²) in [6, 6.07) is 15.3. The molecule has 2 amide bonds. The molecule has 0 radical (unpaired) electrons. The lowest BCUT2D eigenvalue weighted by Crippen LogP contribution is -2.30. The number of amides is 2. The minimum absolute atomic E-state index is 0.0330. The van der Waals surface area contributed by atoms with Crippen molar-refractivity contribution in [1.29, 1.82) is 0 Å². The van der Waals surface area contributed by atoms with E-state index in [1.807, 2.05) is 36.4 Å². The number of carbonyl (C=O) groups excluding carboxylic acids is 2. The number of carbonyl (C=O) groups is 2. The van der Waals surface area contributed by atoms with E-state index in [2.05, 4.69) is 31.0 Å². The summed E-state index contributed by atoms with van der Waals surface area (Å²) in [5, 5.41) is 2.86. The van der Waals surface area contributed by atoms with Gasteiger partial charge in [-0.1, -0.05) is 0 Å². The van der Waals surface area contributed by atoms with Crippen molar-refractivity contribution in [3.8, 4) is 0 Å². The quantitative estimate of drug-likeness (QED) is 0.715. The SMILES string of the molecule is CCN(c1ccc(C(=O)Nc2ccc(SC(=O)N(C)C)cc2)cc1)C(C)C. The number of hydrogen-bond acceptors (Lipinski definition) is 4. The van der Waals surface area contributed by atoms with Crippen molar-refractivity contribution in [1.82, 2.24) is 4.90 Å².